The van der Waals surface area contributed by atoms with Gasteiger partial charge in [0.05, 0.1) is 7.11 Å². The van der Waals surface area contributed by atoms with E-state index in [0.29, 0.717) is 22.8 Å². The van der Waals surface area contributed by atoms with Gasteiger partial charge in [-0.1, -0.05) is 34.1 Å². The highest BCUT2D eigenvalue weighted by atomic mass is 79.9. The summed E-state index contributed by atoms with van der Waals surface area (Å²) < 4.78 is 16.8. The summed E-state index contributed by atoms with van der Waals surface area (Å²) in [5.74, 6) is 1.72. The van der Waals surface area contributed by atoms with Crippen molar-refractivity contribution >= 4 is 27.8 Å². The van der Waals surface area contributed by atoms with Crippen LogP contribution in [-0.4, -0.2) is 19.7 Å². The van der Waals surface area contributed by atoms with Crippen LogP contribution in [0.4, 0.5) is 0 Å². The molecule has 4 nitrogen and oxygen atoms in total. The maximum Gasteiger partial charge on any atom is 0.231 e. The maximum atomic E-state index is 12.2. The summed E-state index contributed by atoms with van der Waals surface area (Å²) >= 11 is 3.38. The number of halogens is 1. The Kier molecular flexibility index (Phi) is 4.15. The van der Waals surface area contributed by atoms with Crippen LogP contribution in [0, 0.1) is 0 Å². The lowest BCUT2D eigenvalue weighted by Crippen LogP contribution is -1.95. The summed E-state index contributed by atoms with van der Waals surface area (Å²) in [6.07, 6.45) is 3.25. The Morgan fingerprint density at radius 3 is 2.86 bits per heavy atom. The second-order valence-electron chi connectivity index (χ2n) is 4.63. The van der Waals surface area contributed by atoms with E-state index in [1.165, 1.54) is 6.08 Å². The minimum absolute atomic E-state index is 0.0795. The molecule has 0 saturated carbocycles. The minimum atomic E-state index is -0.0795. The van der Waals surface area contributed by atoms with Gasteiger partial charge in [0.2, 0.25) is 12.5 Å². The topological polar surface area (TPSA) is 44.8 Å². The normalized spacial score (nSPS) is 12.6. The molecule has 0 spiro atoms. The van der Waals surface area contributed by atoms with E-state index in [4.69, 9.17) is 14.2 Å². The molecule has 3 rings (SSSR count). The van der Waals surface area contributed by atoms with E-state index in [-0.39, 0.29) is 12.6 Å². The van der Waals surface area contributed by atoms with Crippen molar-refractivity contribution in [2.45, 2.75) is 0 Å². The van der Waals surface area contributed by atoms with Gasteiger partial charge in [0.25, 0.3) is 0 Å². The average molecular weight is 361 g/mol. The number of fused-ring (bicyclic) bond motifs is 1. The van der Waals surface area contributed by atoms with Gasteiger partial charge in [-0.25, -0.2) is 0 Å². The largest absolute Gasteiger partial charge is 0.493 e. The zero-order chi connectivity index (χ0) is 15.5. The maximum absolute atomic E-state index is 12.2. The van der Waals surface area contributed by atoms with Crippen LogP contribution in [0.2, 0.25) is 0 Å². The van der Waals surface area contributed by atoms with Crippen LogP contribution in [0.1, 0.15) is 15.9 Å². The van der Waals surface area contributed by atoms with Gasteiger partial charge in [0.15, 0.2) is 17.3 Å². The number of rotatable bonds is 4. The van der Waals surface area contributed by atoms with Crippen LogP contribution < -0.4 is 14.2 Å². The van der Waals surface area contributed by atoms with Gasteiger partial charge in [-0.3, -0.25) is 4.79 Å². The Balaban J connectivity index is 1.87. The van der Waals surface area contributed by atoms with Crippen molar-refractivity contribution in [3.8, 4) is 17.2 Å². The van der Waals surface area contributed by atoms with Gasteiger partial charge in [-0.05, 0) is 35.9 Å². The first-order chi connectivity index (χ1) is 10.7. The monoisotopic (exact) mass is 360 g/mol. The van der Waals surface area contributed by atoms with E-state index in [9.17, 15) is 4.79 Å². The third-order valence-electron chi connectivity index (χ3n) is 3.25. The van der Waals surface area contributed by atoms with Crippen LogP contribution in [0.15, 0.2) is 46.9 Å². The Hall–Kier alpha value is -2.27. The molecule has 22 heavy (non-hydrogen) atoms. The van der Waals surface area contributed by atoms with Gasteiger partial charge < -0.3 is 14.2 Å². The molecule has 0 amide bonds. The van der Waals surface area contributed by atoms with E-state index in [1.807, 2.05) is 24.3 Å². The van der Waals surface area contributed by atoms with E-state index < -0.39 is 0 Å². The highest BCUT2D eigenvalue weighted by Crippen LogP contribution is 2.42. The number of ketones is 1. The van der Waals surface area contributed by atoms with Gasteiger partial charge >= 0.3 is 0 Å². The fourth-order valence-corrected chi connectivity index (χ4v) is 2.65. The first kappa shape index (κ1) is 14.7. The number of methoxy groups -OCH3 is 1. The number of carbonyl (C=O) groups is 1. The molecule has 0 radical (unpaired) electrons. The number of benzene rings is 2. The summed E-state index contributed by atoms with van der Waals surface area (Å²) in [5.41, 5.74) is 1.42. The molecule has 2 aromatic rings. The lowest BCUT2D eigenvalue weighted by molar-refractivity contribution is 0.104. The van der Waals surface area contributed by atoms with Gasteiger partial charge in [0.1, 0.15) is 0 Å². The molecule has 1 heterocycles. The third kappa shape index (κ3) is 2.85. The zero-order valence-electron chi connectivity index (χ0n) is 11.8. The summed E-state index contributed by atoms with van der Waals surface area (Å²) in [4.78, 5) is 12.2. The van der Waals surface area contributed by atoms with Crippen LogP contribution in [-0.2, 0) is 0 Å². The first-order valence-corrected chi connectivity index (χ1v) is 7.43. The average Bonchev–Trinajstić information content (AvgIpc) is 3.00. The van der Waals surface area contributed by atoms with Crippen molar-refractivity contribution < 1.29 is 19.0 Å². The molecule has 112 valence electrons. The predicted octanol–water partition coefficient (Wildman–Crippen LogP) is 4.08. The summed E-state index contributed by atoms with van der Waals surface area (Å²) in [6, 6.07) is 10.9. The molecule has 1 aliphatic rings. The van der Waals surface area contributed by atoms with Crippen molar-refractivity contribution in [1.82, 2.24) is 0 Å². The molecule has 0 fully saturated rings. The van der Waals surface area contributed by atoms with Crippen LogP contribution >= 0.6 is 15.9 Å². The second-order valence-corrected chi connectivity index (χ2v) is 5.49. The number of hydrogen-bond acceptors (Lipinski definition) is 4. The van der Waals surface area contributed by atoms with E-state index in [0.717, 1.165) is 10.0 Å². The van der Waals surface area contributed by atoms with Crippen molar-refractivity contribution in [3.63, 3.8) is 0 Å². The molecule has 0 saturated heterocycles. The summed E-state index contributed by atoms with van der Waals surface area (Å²) in [6.45, 7) is 0.175. The fourth-order valence-electron chi connectivity index (χ4n) is 2.17. The Morgan fingerprint density at radius 2 is 2.09 bits per heavy atom. The Bertz CT molecular complexity index is 752. The smallest absolute Gasteiger partial charge is 0.231 e. The van der Waals surface area contributed by atoms with Crippen molar-refractivity contribution in [2.24, 2.45) is 0 Å². The molecular weight excluding hydrogens is 348 g/mol. The quantitative estimate of drug-likeness (QED) is 0.608. The van der Waals surface area contributed by atoms with Gasteiger partial charge in [0, 0.05) is 10.0 Å². The lowest BCUT2D eigenvalue weighted by atomic mass is 10.1. The molecule has 0 atom stereocenters. The Labute approximate surface area is 136 Å². The number of carbonyl (C=O) groups excluding carboxylic acids is 1. The predicted molar refractivity (Wildman–Crippen MR) is 86.6 cm³/mol. The number of allylic oxidation sites excluding steroid dienone is 1. The Morgan fingerprint density at radius 1 is 1.27 bits per heavy atom. The molecule has 2 aromatic carbocycles. The summed E-state index contributed by atoms with van der Waals surface area (Å²) in [7, 11) is 1.57. The summed E-state index contributed by atoms with van der Waals surface area (Å²) in [5, 5.41) is 0. The fraction of sp³-hybridized carbons (Fsp3) is 0.118. The third-order valence-corrected chi connectivity index (χ3v) is 3.94. The van der Waals surface area contributed by atoms with Crippen LogP contribution in [0.3, 0.4) is 0 Å². The molecule has 0 N–H and O–H groups in total. The molecule has 0 unspecified atom stereocenters. The highest BCUT2D eigenvalue weighted by molar-refractivity contribution is 9.10. The van der Waals surface area contributed by atoms with Crippen LogP contribution in [0.5, 0.6) is 17.2 Å². The number of hydrogen-bond donors (Lipinski definition) is 0. The van der Waals surface area contributed by atoms with Crippen molar-refractivity contribution in [3.05, 3.63) is 58.1 Å². The van der Waals surface area contributed by atoms with E-state index in [2.05, 4.69) is 15.9 Å². The molecule has 0 aromatic heterocycles. The minimum Gasteiger partial charge on any atom is -0.493 e. The van der Waals surface area contributed by atoms with Gasteiger partial charge in [-0.2, -0.15) is 0 Å². The van der Waals surface area contributed by atoms with Crippen molar-refractivity contribution in [1.29, 1.82) is 0 Å². The second kappa shape index (κ2) is 6.23. The SMILES string of the molecule is COc1cc(/C=C/C(=O)c2ccccc2Br)cc2c1OCO2. The molecule has 1 aliphatic heterocycles. The van der Waals surface area contributed by atoms with E-state index in [1.54, 1.807) is 25.3 Å². The molecule has 0 bridgehead atoms. The lowest BCUT2D eigenvalue weighted by Gasteiger charge is -2.05. The zero-order valence-corrected chi connectivity index (χ0v) is 13.4. The molecule has 0 aliphatic carbocycles. The van der Waals surface area contributed by atoms with Crippen molar-refractivity contribution in [2.75, 3.05) is 13.9 Å². The van der Waals surface area contributed by atoms with Gasteiger partial charge in [-0.15, -0.1) is 0 Å². The van der Waals surface area contributed by atoms with Crippen LogP contribution in [0.25, 0.3) is 6.08 Å². The first-order valence-electron chi connectivity index (χ1n) is 6.63. The number of ether oxygens (including phenoxy) is 3. The molecule has 5 heteroatoms. The van der Waals surface area contributed by atoms with E-state index >= 15 is 0 Å². The standard InChI is InChI=1S/C17H13BrO4/c1-20-15-8-11(9-16-17(15)22-10-21-16)6-7-14(19)12-4-2-3-5-13(12)18/h2-9H,10H2,1H3/b7-6+. The molecular formula is C17H13BrO4. The highest BCUT2D eigenvalue weighted by Gasteiger charge is 2.19.